The van der Waals surface area contributed by atoms with Crippen molar-refractivity contribution < 1.29 is 18.4 Å². The zero-order valence-electron chi connectivity index (χ0n) is 15.1. The Bertz CT molecular complexity index is 950. The van der Waals surface area contributed by atoms with Crippen LogP contribution in [0.25, 0.3) is 0 Å². The third-order valence-corrected chi connectivity index (χ3v) is 5.43. The predicted molar refractivity (Wildman–Crippen MR) is 98.3 cm³/mol. The van der Waals surface area contributed by atoms with Crippen LogP contribution in [0.15, 0.2) is 30.5 Å². The molecule has 3 N–H and O–H groups in total. The number of halogens is 2. The van der Waals surface area contributed by atoms with Gasteiger partial charge in [-0.1, -0.05) is 0 Å². The molecular formula is C20H20F2N4O2. The van der Waals surface area contributed by atoms with E-state index in [0.717, 1.165) is 5.56 Å². The molecule has 0 spiro atoms. The van der Waals surface area contributed by atoms with Crippen LogP contribution in [0.3, 0.4) is 0 Å². The Hall–Kier alpha value is -2.87. The van der Waals surface area contributed by atoms with Crippen molar-refractivity contribution in [1.29, 1.82) is 0 Å². The first-order valence-electron chi connectivity index (χ1n) is 9.17. The summed E-state index contributed by atoms with van der Waals surface area (Å²) in [7, 11) is 0. The number of hydrogen-bond acceptors (Lipinski definition) is 4. The van der Waals surface area contributed by atoms with Gasteiger partial charge in [-0.15, -0.1) is 0 Å². The highest BCUT2D eigenvalue weighted by Gasteiger charge is 2.32. The number of anilines is 1. The second kappa shape index (κ2) is 7.27. The summed E-state index contributed by atoms with van der Waals surface area (Å²) >= 11 is 0. The molecule has 4 rings (SSSR count). The molecular weight excluding hydrogens is 366 g/mol. The molecule has 1 aromatic heterocycles. The van der Waals surface area contributed by atoms with Gasteiger partial charge in [-0.2, -0.15) is 0 Å². The largest absolute Gasteiger partial charge is 0.327 e. The second-order valence-corrected chi connectivity index (χ2v) is 7.27. The average Bonchev–Trinajstić information content (AvgIpc) is 2.96. The Morgan fingerprint density at radius 2 is 2.11 bits per heavy atom. The highest BCUT2D eigenvalue weighted by molar-refractivity contribution is 5.96. The number of nitrogens with one attached hydrogen (secondary N) is 1. The van der Waals surface area contributed by atoms with Crippen molar-refractivity contribution in [3.63, 3.8) is 0 Å². The van der Waals surface area contributed by atoms with E-state index in [0.29, 0.717) is 29.8 Å². The number of nitrogens with two attached hydrogens (primary N) is 1. The number of aromatic nitrogens is 1. The standard InChI is InChI=1S/C20H20F2N4O2/c21-14-6-11-3-4-12(13(11)7-15(14)22)16(23)8-20(28)26-9-18-17(2-1-5-24-18)25-19(27)10-26/h1-2,5-7,12,16H,3-4,8-10,23H2,(H,25,27). The van der Waals surface area contributed by atoms with Gasteiger partial charge in [0, 0.05) is 24.6 Å². The summed E-state index contributed by atoms with van der Waals surface area (Å²) in [6.45, 7) is 0.130. The fourth-order valence-corrected chi connectivity index (χ4v) is 4.00. The molecule has 0 saturated heterocycles. The van der Waals surface area contributed by atoms with E-state index in [1.807, 2.05) is 0 Å². The molecule has 0 bridgehead atoms. The van der Waals surface area contributed by atoms with Crippen LogP contribution in [-0.2, 0) is 22.6 Å². The Morgan fingerprint density at radius 1 is 1.32 bits per heavy atom. The van der Waals surface area contributed by atoms with Gasteiger partial charge in [-0.05, 0) is 48.2 Å². The van der Waals surface area contributed by atoms with Crippen molar-refractivity contribution in [2.24, 2.45) is 5.73 Å². The molecule has 2 aromatic rings. The minimum Gasteiger partial charge on any atom is -0.327 e. The van der Waals surface area contributed by atoms with E-state index >= 15 is 0 Å². The van der Waals surface area contributed by atoms with Crippen molar-refractivity contribution in [2.75, 3.05) is 11.9 Å². The fraction of sp³-hybridized carbons (Fsp3) is 0.350. The van der Waals surface area contributed by atoms with Gasteiger partial charge in [0.1, 0.15) is 6.54 Å². The number of hydrogen-bond donors (Lipinski definition) is 2. The predicted octanol–water partition coefficient (Wildman–Crippen LogP) is 2.09. The molecule has 28 heavy (non-hydrogen) atoms. The lowest BCUT2D eigenvalue weighted by molar-refractivity contribution is -0.135. The van der Waals surface area contributed by atoms with Crippen LogP contribution >= 0.6 is 0 Å². The van der Waals surface area contributed by atoms with Crippen LogP contribution < -0.4 is 11.1 Å². The molecule has 0 saturated carbocycles. The molecule has 1 aliphatic heterocycles. The number of benzene rings is 1. The van der Waals surface area contributed by atoms with Crippen molar-refractivity contribution >= 4 is 17.5 Å². The summed E-state index contributed by atoms with van der Waals surface area (Å²) in [5.74, 6) is -2.56. The number of carbonyl (C=O) groups excluding carboxylic acids is 2. The quantitative estimate of drug-likeness (QED) is 0.846. The van der Waals surface area contributed by atoms with Crippen molar-refractivity contribution in [3.05, 3.63) is 58.9 Å². The van der Waals surface area contributed by atoms with E-state index in [9.17, 15) is 18.4 Å². The van der Waals surface area contributed by atoms with E-state index in [1.54, 1.807) is 18.3 Å². The Morgan fingerprint density at radius 3 is 2.93 bits per heavy atom. The number of amides is 2. The maximum absolute atomic E-state index is 13.7. The highest BCUT2D eigenvalue weighted by Crippen LogP contribution is 2.37. The molecule has 2 aliphatic rings. The van der Waals surface area contributed by atoms with Gasteiger partial charge in [0.2, 0.25) is 11.8 Å². The van der Waals surface area contributed by atoms with Gasteiger partial charge < -0.3 is 16.0 Å². The van der Waals surface area contributed by atoms with Gasteiger partial charge in [-0.25, -0.2) is 8.78 Å². The molecule has 1 aliphatic carbocycles. The summed E-state index contributed by atoms with van der Waals surface area (Å²) in [6, 6.07) is 5.30. The van der Waals surface area contributed by atoms with Crippen molar-refractivity contribution in [2.45, 2.75) is 37.8 Å². The summed E-state index contributed by atoms with van der Waals surface area (Å²) in [5, 5.41) is 2.74. The monoisotopic (exact) mass is 386 g/mol. The molecule has 2 amide bonds. The maximum Gasteiger partial charge on any atom is 0.244 e. The van der Waals surface area contributed by atoms with Gasteiger partial charge in [-0.3, -0.25) is 14.6 Å². The summed E-state index contributed by atoms with van der Waals surface area (Å²) < 4.78 is 27.1. The second-order valence-electron chi connectivity index (χ2n) is 7.27. The zero-order valence-corrected chi connectivity index (χ0v) is 15.1. The first-order chi connectivity index (χ1) is 13.4. The van der Waals surface area contributed by atoms with Gasteiger partial charge in [0.05, 0.1) is 17.9 Å². The van der Waals surface area contributed by atoms with Crippen molar-refractivity contribution in [1.82, 2.24) is 9.88 Å². The topological polar surface area (TPSA) is 88.3 Å². The van der Waals surface area contributed by atoms with Gasteiger partial charge >= 0.3 is 0 Å². The summed E-state index contributed by atoms with van der Waals surface area (Å²) in [5.41, 5.74) is 8.88. The molecule has 8 heteroatoms. The third-order valence-electron chi connectivity index (χ3n) is 5.43. The van der Waals surface area contributed by atoms with Crippen LogP contribution in [-0.4, -0.2) is 34.3 Å². The molecule has 6 nitrogen and oxygen atoms in total. The van der Waals surface area contributed by atoms with Crippen LogP contribution in [0.4, 0.5) is 14.5 Å². The normalized spacial score (nSPS) is 19.5. The van der Waals surface area contributed by atoms with Crippen LogP contribution in [0, 0.1) is 11.6 Å². The number of aryl methyl sites for hydroxylation is 1. The lowest BCUT2D eigenvalue weighted by Gasteiger charge is -2.24. The lowest BCUT2D eigenvalue weighted by Crippen LogP contribution is -2.40. The molecule has 0 radical (unpaired) electrons. The molecule has 1 aromatic carbocycles. The SMILES string of the molecule is NC(CC(=O)N1CC(=O)Nc2cccnc2C1)C1CCc2cc(F)c(F)cc21. The number of nitrogens with zero attached hydrogens (tertiary/aromatic N) is 2. The molecule has 146 valence electrons. The van der Waals surface area contributed by atoms with E-state index in [2.05, 4.69) is 10.3 Å². The average molecular weight is 386 g/mol. The zero-order chi connectivity index (χ0) is 19.8. The van der Waals surface area contributed by atoms with Crippen LogP contribution in [0.1, 0.15) is 35.6 Å². The van der Waals surface area contributed by atoms with E-state index < -0.39 is 17.7 Å². The maximum atomic E-state index is 13.7. The summed E-state index contributed by atoms with van der Waals surface area (Å²) in [4.78, 5) is 30.6. The summed E-state index contributed by atoms with van der Waals surface area (Å²) in [6.07, 6.45) is 2.85. The Kier molecular flexibility index (Phi) is 4.80. The third kappa shape index (κ3) is 3.47. The number of carbonyl (C=O) groups is 2. The molecule has 0 fully saturated rings. The minimum absolute atomic E-state index is 0.0124. The number of rotatable bonds is 3. The first kappa shape index (κ1) is 18.5. The van der Waals surface area contributed by atoms with Gasteiger partial charge in [0.15, 0.2) is 11.6 Å². The molecule has 2 atom stereocenters. The fourth-order valence-electron chi connectivity index (χ4n) is 4.00. The van der Waals surface area contributed by atoms with E-state index in [1.165, 1.54) is 17.0 Å². The molecule has 2 unspecified atom stereocenters. The van der Waals surface area contributed by atoms with E-state index in [4.69, 9.17) is 5.73 Å². The Labute approximate surface area is 160 Å². The van der Waals surface area contributed by atoms with E-state index in [-0.39, 0.29) is 37.2 Å². The smallest absolute Gasteiger partial charge is 0.244 e. The van der Waals surface area contributed by atoms with Crippen LogP contribution in [0.5, 0.6) is 0 Å². The minimum atomic E-state index is -0.906. The Balaban J connectivity index is 1.49. The first-order valence-corrected chi connectivity index (χ1v) is 9.17. The lowest BCUT2D eigenvalue weighted by atomic mass is 9.91. The number of pyridine rings is 1. The number of fused-ring (bicyclic) bond motifs is 2. The van der Waals surface area contributed by atoms with Crippen LogP contribution in [0.2, 0.25) is 0 Å². The van der Waals surface area contributed by atoms with Crippen molar-refractivity contribution in [3.8, 4) is 0 Å². The highest BCUT2D eigenvalue weighted by atomic mass is 19.2. The molecule has 2 heterocycles. The van der Waals surface area contributed by atoms with Gasteiger partial charge in [0.25, 0.3) is 0 Å².